The normalized spacial score (nSPS) is 21.5. The number of halogens is 1. The monoisotopic (exact) mass is 457 g/mol. The summed E-state index contributed by atoms with van der Waals surface area (Å²) in [5, 5.41) is 4.27. The van der Waals surface area contributed by atoms with Crippen molar-refractivity contribution in [2.75, 3.05) is 5.33 Å². The van der Waals surface area contributed by atoms with Crippen LogP contribution < -0.4 is 0 Å². The number of hydrogen-bond donors (Lipinski definition) is 0. The number of esters is 2. The second-order valence-electron chi connectivity index (χ2n) is 6.61. The van der Waals surface area contributed by atoms with E-state index in [0.717, 1.165) is 5.56 Å². The van der Waals surface area contributed by atoms with Crippen molar-refractivity contribution in [3.8, 4) is 0 Å². The van der Waals surface area contributed by atoms with Crippen LogP contribution in [-0.4, -0.2) is 47.3 Å². The molecule has 1 aromatic carbocycles. The van der Waals surface area contributed by atoms with E-state index in [1.807, 2.05) is 30.3 Å². The van der Waals surface area contributed by atoms with E-state index in [-0.39, 0.29) is 17.8 Å². The number of rotatable bonds is 8. The van der Waals surface area contributed by atoms with Crippen LogP contribution in [0, 0.1) is 0 Å². The Bertz CT molecular complexity index is 707. The molecule has 0 unspecified atom stereocenters. The topological polar surface area (TPSA) is 92.7 Å². The molecule has 0 bridgehead atoms. The molecular formula is C19H24BrNO7. The van der Waals surface area contributed by atoms with Crippen molar-refractivity contribution in [2.45, 2.75) is 58.4 Å². The van der Waals surface area contributed by atoms with Crippen LogP contribution >= 0.6 is 15.9 Å². The standard InChI is InChI=1S/C19H24BrNO7/c1-12(22)25-15(10-20)16(26-13(2)23)17-18(28-19(3,4)27-17)21-24-11-14-8-6-5-7-9-14/h5-9,15-17H,10-11H2,1-4H3/b21-18-/t15-,16-,17-/m1/s1. The number of hydrogen-bond acceptors (Lipinski definition) is 8. The van der Waals surface area contributed by atoms with Crippen LogP contribution in [0.5, 0.6) is 0 Å². The zero-order valence-electron chi connectivity index (χ0n) is 16.2. The van der Waals surface area contributed by atoms with Crippen molar-refractivity contribution in [3.63, 3.8) is 0 Å². The molecule has 1 saturated heterocycles. The van der Waals surface area contributed by atoms with Crippen molar-refractivity contribution in [1.82, 2.24) is 0 Å². The quantitative estimate of drug-likeness (QED) is 0.336. The van der Waals surface area contributed by atoms with Crippen molar-refractivity contribution in [1.29, 1.82) is 0 Å². The molecule has 1 fully saturated rings. The first-order valence-corrected chi connectivity index (χ1v) is 9.85. The predicted molar refractivity (Wildman–Crippen MR) is 104 cm³/mol. The van der Waals surface area contributed by atoms with Gasteiger partial charge in [-0.25, -0.2) is 0 Å². The first-order valence-electron chi connectivity index (χ1n) is 8.73. The molecule has 0 radical (unpaired) electrons. The third kappa shape index (κ3) is 6.49. The number of oxime groups is 1. The number of benzene rings is 1. The highest BCUT2D eigenvalue weighted by Gasteiger charge is 2.49. The molecule has 0 N–H and O–H groups in total. The highest BCUT2D eigenvalue weighted by atomic mass is 79.9. The zero-order chi connectivity index (χ0) is 20.7. The fourth-order valence-corrected chi connectivity index (χ4v) is 3.14. The van der Waals surface area contributed by atoms with Crippen molar-refractivity contribution < 1.29 is 33.4 Å². The molecule has 1 heterocycles. The van der Waals surface area contributed by atoms with Gasteiger partial charge in [-0.1, -0.05) is 46.3 Å². The summed E-state index contributed by atoms with van der Waals surface area (Å²) in [6.45, 7) is 6.15. The van der Waals surface area contributed by atoms with E-state index in [4.69, 9.17) is 23.8 Å². The zero-order valence-corrected chi connectivity index (χ0v) is 17.8. The van der Waals surface area contributed by atoms with E-state index in [1.54, 1.807) is 13.8 Å². The van der Waals surface area contributed by atoms with Gasteiger partial charge in [0.2, 0.25) is 5.79 Å². The van der Waals surface area contributed by atoms with Gasteiger partial charge in [-0.2, -0.15) is 0 Å². The Morgan fingerprint density at radius 3 is 2.39 bits per heavy atom. The maximum atomic E-state index is 11.6. The average molecular weight is 458 g/mol. The van der Waals surface area contributed by atoms with Crippen molar-refractivity contribution in [2.24, 2.45) is 5.16 Å². The SMILES string of the molecule is CC(=O)O[C@H]([C@@H](CBr)OC(C)=O)[C@H]1OC(C)(C)O/C1=N\OCc1ccccc1. The third-order valence-electron chi connectivity index (χ3n) is 3.67. The number of carbonyl (C=O) groups excluding carboxylic acids is 2. The molecule has 1 aliphatic rings. The van der Waals surface area contributed by atoms with E-state index < -0.39 is 36.0 Å². The molecule has 8 nitrogen and oxygen atoms in total. The molecule has 0 spiro atoms. The minimum atomic E-state index is -1.02. The first kappa shape index (κ1) is 22.2. The van der Waals surface area contributed by atoms with Gasteiger partial charge in [0.25, 0.3) is 5.90 Å². The van der Waals surface area contributed by atoms with Gasteiger partial charge >= 0.3 is 11.9 Å². The van der Waals surface area contributed by atoms with Crippen LogP contribution in [-0.2, 0) is 40.0 Å². The van der Waals surface area contributed by atoms with Crippen LogP contribution in [0.25, 0.3) is 0 Å². The molecule has 28 heavy (non-hydrogen) atoms. The van der Waals surface area contributed by atoms with Crippen LogP contribution in [0.4, 0.5) is 0 Å². The summed E-state index contributed by atoms with van der Waals surface area (Å²) in [6.07, 6.45) is -2.68. The lowest BCUT2D eigenvalue weighted by atomic mass is 10.1. The summed E-state index contributed by atoms with van der Waals surface area (Å²) >= 11 is 3.28. The van der Waals surface area contributed by atoms with Crippen LogP contribution in [0.1, 0.15) is 33.3 Å². The van der Waals surface area contributed by atoms with Gasteiger partial charge in [-0.15, -0.1) is 0 Å². The lowest BCUT2D eigenvalue weighted by molar-refractivity contribution is -0.186. The van der Waals surface area contributed by atoms with Crippen LogP contribution in [0.2, 0.25) is 0 Å². The Balaban J connectivity index is 2.22. The Labute approximate surface area is 172 Å². The summed E-state index contributed by atoms with van der Waals surface area (Å²) < 4.78 is 22.2. The molecule has 1 aliphatic heterocycles. The maximum absolute atomic E-state index is 11.6. The van der Waals surface area contributed by atoms with Gasteiger partial charge in [0.1, 0.15) is 6.61 Å². The smallest absolute Gasteiger partial charge is 0.303 e. The van der Waals surface area contributed by atoms with Crippen LogP contribution in [0.15, 0.2) is 35.5 Å². The summed E-state index contributed by atoms with van der Waals surface area (Å²) in [6, 6.07) is 9.49. The number of ether oxygens (including phenoxy) is 4. The van der Waals surface area contributed by atoms with Gasteiger partial charge in [-0.3, -0.25) is 9.59 Å². The maximum Gasteiger partial charge on any atom is 0.303 e. The molecule has 3 atom stereocenters. The van der Waals surface area contributed by atoms with Gasteiger partial charge in [0, 0.05) is 33.0 Å². The van der Waals surface area contributed by atoms with E-state index in [9.17, 15) is 9.59 Å². The van der Waals surface area contributed by atoms with E-state index in [0.29, 0.717) is 0 Å². The molecule has 0 aromatic heterocycles. The van der Waals surface area contributed by atoms with E-state index >= 15 is 0 Å². The van der Waals surface area contributed by atoms with Crippen LogP contribution in [0.3, 0.4) is 0 Å². The van der Waals surface area contributed by atoms with Crippen molar-refractivity contribution >= 4 is 33.8 Å². The summed E-state index contributed by atoms with van der Waals surface area (Å²) in [7, 11) is 0. The molecule has 2 rings (SSSR count). The first-order chi connectivity index (χ1) is 13.2. The number of alkyl halides is 1. The van der Waals surface area contributed by atoms with Gasteiger partial charge < -0.3 is 23.8 Å². The van der Waals surface area contributed by atoms with Gasteiger partial charge in [0.15, 0.2) is 18.3 Å². The highest BCUT2D eigenvalue weighted by Crippen LogP contribution is 2.30. The minimum absolute atomic E-state index is 0.102. The molecule has 0 amide bonds. The molecule has 9 heteroatoms. The molecule has 154 valence electrons. The van der Waals surface area contributed by atoms with Gasteiger partial charge in [-0.05, 0) is 10.7 Å². The second-order valence-corrected chi connectivity index (χ2v) is 7.25. The summed E-state index contributed by atoms with van der Waals surface area (Å²) in [4.78, 5) is 28.5. The van der Waals surface area contributed by atoms with Crippen molar-refractivity contribution in [3.05, 3.63) is 35.9 Å². The van der Waals surface area contributed by atoms with E-state index in [2.05, 4.69) is 21.1 Å². The second kappa shape index (κ2) is 9.88. The Hall–Kier alpha value is -2.13. The Morgan fingerprint density at radius 1 is 1.18 bits per heavy atom. The lowest BCUT2D eigenvalue weighted by Gasteiger charge is -2.28. The Morgan fingerprint density at radius 2 is 1.82 bits per heavy atom. The Kier molecular flexibility index (Phi) is 7.82. The van der Waals surface area contributed by atoms with E-state index in [1.165, 1.54) is 13.8 Å². The fraction of sp³-hybridized carbons (Fsp3) is 0.526. The fourth-order valence-electron chi connectivity index (χ4n) is 2.64. The third-order valence-corrected chi connectivity index (χ3v) is 4.31. The largest absolute Gasteiger partial charge is 0.458 e. The average Bonchev–Trinajstić information content (AvgIpc) is 2.93. The number of nitrogens with zero attached hydrogens (tertiary/aromatic N) is 1. The van der Waals surface area contributed by atoms with Gasteiger partial charge in [0.05, 0.1) is 0 Å². The summed E-state index contributed by atoms with van der Waals surface area (Å²) in [5.74, 6) is -1.99. The molecular weight excluding hydrogens is 434 g/mol. The predicted octanol–water partition coefficient (Wildman–Crippen LogP) is 2.93. The lowest BCUT2D eigenvalue weighted by Crippen LogP contribution is -2.47. The minimum Gasteiger partial charge on any atom is -0.458 e. The summed E-state index contributed by atoms with van der Waals surface area (Å²) in [5.41, 5.74) is 0.927. The number of carbonyl (C=O) groups is 2. The highest BCUT2D eigenvalue weighted by molar-refractivity contribution is 9.09. The molecule has 0 saturated carbocycles. The molecule has 0 aliphatic carbocycles. The molecule has 1 aromatic rings.